The first-order valence-corrected chi connectivity index (χ1v) is 7.39. The van der Waals surface area contributed by atoms with E-state index in [4.69, 9.17) is 0 Å². The van der Waals surface area contributed by atoms with Crippen molar-refractivity contribution >= 4 is 0 Å². The Kier molecular flexibility index (Phi) is 5.59. The Morgan fingerprint density at radius 1 is 1.33 bits per heavy atom. The summed E-state index contributed by atoms with van der Waals surface area (Å²) in [6.07, 6.45) is 14.9. The summed E-state index contributed by atoms with van der Waals surface area (Å²) in [5.41, 5.74) is 1.10. The highest BCUT2D eigenvalue weighted by atomic mass is 14.9. The lowest BCUT2D eigenvalue weighted by Crippen LogP contribution is -2.23. The van der Waals surface area contributed by atoms with Crippen molar-refractivity contribution in [2.45, 2.75) is 57.9 Å². The van der Waals surface area contributed by atoms with Gasteiger partial charge in [0, 0.05) is 18.6 Å². The zero-order valence-electron chi connectivity index (χ0n) is 11.4. The van der Waals surface area contributed by atoms with E-state index in [-0.39, 0.29) is 0 Å². The standard InChI is InChI=1S/C15H25N3/c1-2-9-17-14(15-12-16-10-11-18-15)8-7-13-5-3-4-6-13/h10-14,17H,2-9H2,1H3. The predicted octanol–water partition coefficient (Wildman–Crippen LogP) is 3.49. The lowest BCUT2D eigenvalue weighted by Gasteiger charge is -2.19. The van der Waals surface area contributed by atoms with Gasteiger partial charge in [0.2, 0.25) is 0 Å². The van der Waals surface area contributed by atoms with Crippen LogP contribution in [0.5, 0.6) is 0 Å². The van der Waals surface area contributed by atoms with E-state index < -0.39 is 0 Å². The molecule has 0 aliphatic heterocycles. The number of aromatic nitrogens is 2. The molecular formula is C15H25N3. The quantitative estimate of drug-likeness (QED) is 0.801. The van der Waals surface area contributed by atoms with E-state index in [9.17, 15) is 0 Å². The van der Waals surface area contributed by atoms with Crippen molar-refractivity contribution in [2.24, 2.45) is 5.92 Å². The van der Waals surface area contributed by atoms with Gasteiger partial charge in [-0.3, -0.25) is 9.97 Å². The molecule has 0 spiro atoms. The molecular weight excluding hydrogens is 222 g/mol. The Balaban J connectivity index is 1.87. The van der Waals surface area contributed by atoms with Crippen LogP contribution >= 0.6 is 0 Å². The zero-order chi connectivity index (χ0) is 12.6. The molecule has 100 valence electrons. The number of nitrogens with one attached hydrogen (secondary N) is 1. The molecule has 1 heterocycles. The third kappa shape index (κ3) is 4.05. The molecule has 1 atom stereocenters. The first-order chi connectivity index (χ1) is 8.90. The second-order valence-corrected chi connectivity index (χ2v) is 5.36. The van der Waals surface area contributed by atoms with Crippen LogP contribution in [0.3, 0.4) is 0 Å². The van der Waals surface area contributed by atoms with Crippen molar-refractivity contribution < 1.29 is 0 Å². The second-order valence-electron chi connectivity index (χ2n) is 5.36. The van der Waals surface area contributed by atoms with Gasteiger partial charge in [0.1, 0.15) is 0 Å². The molecule has 1 saturated carbocycles. The summed E-state index contributed by atoms with van der Waals surface area (Å²) < 4.78 is 0. The van der Waals surface area contributed by atoms with Gasteiger partial charge in [0.15, 0.2) is 0 Å². The summed E-state index contributed by atoms with van der Waals surface area (Å²) in [6.45, 7) is 3.27. The van der Waals surface area contributed by atoms with E-state index in [1.807, 2.05) is 6.20 Å². The number of rotatable bonds is 7. The Morgan fingerprint density at radius 2 is 2.17 bits per heavy atom. The van der Waals surface area contributed by atoms with E-state index in [1.165, 1.54) is 44.9 Å². The lowest BCUT2D eigenvalue weighted by molar-refractivity contribution is 0.406. The molecule has 1 unspecified atom stereocenters. The minimum Gasteiger partial charge on any atom is -0.309 e. The average Bonchev–Trinajstić information content (AvgIpc) is 2.93. The summed E-state index contributed by atoms with van der Waals surface area (Å²) in [6, 6.07) is 0.388. The minimum atomic E-state index is 0.388. The van der Waals surface area contributed by atoms with Crippen molar-refractivity contribution in [3.8, 4) is 0 Å². The monoisotopic (exact) mass is 247 g/mol. The normalized spacial score (nSPS) is 18.1. The van der Waals surface area contributed by atoms with Crippen LogP contribution in [0.4, 0.5) is 0 Å². The summed E-state index contributed by atoms with van der Waals surface area (Å²) in [5, 5.41) is 3.61. The maximum Gasteiger partial charge on any atom is 0.0756 e. The molecule has 1 aliphatic carbocycles. The van der Waals surface area contributed by atoms with Crippen molar-refractivity contribution in [2.75, 3.05) is 6.54 Å². The third-order valence-electron chi connectivity index (χ3n) is 3.92. The number of hydrogen-bond donors (Lipinski definition) is 1. The number of nitrogens with zero attached hydrogens (tertiary/aromatic N) is 2. The van der Waals surface area contributed by atoms with Crippen molar-refractivity contribution in [3.05, 3.63) is 24.3 Å². The van der Waals surface area contributed by atoms with Crippen LogP contribution in [0, 0.1) is 5.92 Å². The van der Waals surface area contributed by atoms with Gasteiger partial charge in [-0.15, -0.1) is 0 Å². The van der Waals surface area contributed by atoms with Crippen molar-refractivity contribution in [1.29, 1.82) is 0 Å². The van der Waals surface area contributed by atoms with Gasteiger partial charge >= 0.3 is 0 Å². The van der Waals surface area contributed by atoms with E-state index in [0.29, 0.717) is 6.04 Å². The van der Waals surface area contributed by atoms with Gasteiger partial charge in [0.25, 0.3) is 0 Å². The van der Waals surface area contributed by atoms with Crippen LogP contribution in [0.25, 0.3) is 0 Å². The number of hydrogen-bond acceptors (Lipinski definition) is 3. The maximum absolute atomic E-state index is 4.45. The Bertz CT molecular complexity index is 320. The molecule has 1 aromatic rings. The molecule has 0 aromatic carbocycles. The van der Waals surface area contributed by atoms with Crippen LogP contribution in [-0.2, 0) is 0 Å². The van der Waals surface area contributed by atoms with Gasteiger partial charge in [0.05, 0.1) is 11.7 Å². The highest BCUT2D eigenvalue weighted by Gasteiger charge is 2.18. The largest absolute Gasteiger partial charge is 0.309 e. The molecule has 0 bridgehead atoms. The molecule has 0 amide bonds. The summed E-state index contributed by atoms with van der Waals surface area (Å²) >= 11 is 0. The van der Waals surface area contributed by atoms with Crippen LogP contribution in [0.15, 0.2) is 18.6 Å². The second kappa shape index (κ2) is 7.47. The van der Waals surface area contributed by atoms with Gasteiger partial charge in [-0.05, 0) is 31.7 Å². The SMILES string of the molecule is CCCNC(CCC1CCCC1)c1cnccn1. The molecule has 1 fully saturated rings. The fraction of sp³-hybridized carbons (Fsp3) is 0.733. The van der Waals surface area contributed by atoms with Crippen molar-refractivity contribution in [3.63, 3.8) is 0 Å². The third-order valence-corrected chi connectivity index (χ3v) is 3.92. The first-order valence-electron chi connectivity index (χ1n) is 7.39. The zero-order valence-corrected chi connectivity index (χ0v) is 11.4. The molecule has 0 saturated heterocycles. The molecule has 1 N–H and O–H groups in total. The smallest absolute Gasteiger partial charge is 0.0756 e. The van der Waals surface area contributed by atoms with Crippen LogP contribution in [0.1, 0.15) is 63.6 Å². The molecule has 3 heteroatoms. The van der Waals surface area contributed by atoms with Gasteiger partial charge in [-0.2, -0.15) is 0 Å². The molecule has 1 aliphatic rings. The summed E-state index contributed by atoms with van der Waals surface area (Å²) in [5.74, 6) is 0.951. The maximum atomic E-state index is 4.45. The Morgan fingerprint density at radius 3 is 2.83 bits per heavy atom. The minimum absolute atomic E-state index is 0.388. The first kappa shape index (κ1) is 13.5. The fourth-order valence-electron chi connectivity index (χ4n) is 2.87. The Hall–Kier alpha value is -0.960. The highest BCUT2D eigenvalue weighted by Crippen LogP contribution is 2.30. The van der Waals surface area contributed by atoms with E-state index in [1.54, 1.807) is 12.4 Å². The van der Waals surface area contributed by atoms with Crippen LogP contribution < -0.4 is 5.32 Å². The lowest BCUT2D eigenvalue weighted by atomic mass is 9.97. The van der Waals surface area contributed by atoms with Gasteiger partial charge in [-0.1, -0.05) is 32.6 Å². The summed E-state index contributed by atoms with van der Waals surface area (Å²) in [7, 11) is 0. The molecule has 18 heavy (non-hydrogen) atoms. The van der Waals surface area contributed by atoms with Crippen LogP contribution in [0.2, 0.25) is 0 Å². The molecule has 3 nitrogen and oxygen atoms in total. The molecule has 0 radical (unpaired) electrons. The molecule has 1 aromatic heterocycles. The van der Waals surface area contributed by atoms with E-state index >= 15 is 0 Å². The van der Waals surface area contributed by atoms with Crippen molar-refractivity contribution in [1.82, 2.24) is 15.3 Å². The fourth-order valence-corrected chi connectivity index (χ4v) is 2.87. The highest BCUT2D eigenvalue weighted by molar-refractivity contribution is 5.02. The summed E-state index contributed by atoms with van der Waals surface area (Å²) in [4.78, 5) is 8.64. The Labute approximate surface area is 110 Å². The van der Waals surface area contributed by atoms with Gasteiger partial charge in [-0.25, -0.2) is 0 Å². The van der Waals surface area contributed by atoms with E-state index in [2.05, 4.69) is 22.2 Å². The van der Waals surface area contributed by atoms with Gasteiger partial charge < -0.3 is 5.32 Å². The molecule has 2 rings (SSSR count). The predicted molar refractivity (Wildman–Crippen MR) is 74.3 cm³/mol. The van der Waals surface area contributed by atoms with Crippen LogP contribution in [-0.4, -0.2) is 16.5 Å². The average molecular weight is 247 g/mol. The topological polar surface area (TPSA) is 37.8 Å². The van der Waals surface area contributed by atoms with E-state index in [0.717, 1.165) is 18.2 Å².